The van der Waals surface area contributed by atoms with Gasteiger partial charge in [0.25, 0.3) is 0 Å². The number of fused-ring (bicyclic) bond motifs is 3. The van der Waals surface area contributed by atoms with Crippen LogP contribution in [0.4, 0.5) is 0 Å². The Balaban J connectivity index is 2.15. The van der Waals surface area contributed by atoms with E-state index in [-0.39, 0.29) is 0 Å². The third-order valence-corrected chi connectivity index (χ3v) is 3.31. The number of hydrogen-bond acceptors (Lipinski definition) is 4. The van der Waals surface area contributed by atoms with Gasteiger partial charge in [0.05, 0.1) is 5.56 Å². The Morgan fingerprint density at radius 3 is 3.17 bits per heavy atom. The summed E-state index contributed by atoms with van der Waals surface area (Å²) in [4.78, 5) is 4.57. The summed E-state index contributed by atoms with van der Waals surface area (Å²) in [6.07, 6.45) is 3.84. The van der Waals surface area contributed by atoms with Gasteiger partial charge in [0.15, 0.2) is 5.82 Å². The lowest BCUT2D eigenvalue weighted by Gasteiger charge is -2.11. The zero-order valence-electron chi connectivity index (χ0n) is 10.0. The number of aromatic nitrogens is 3. The predicted octanol–water partition coefficient (Wildman–Crippen LogP) is 2.92. The molecule has 0 fully saturated rings. The molecule has 1 aliphatic heterocycles. The van der Waals surface area contributed by atoms with E-state index in [1.807, 2.05) is 41.2 Å². The molecule has 4 nitrogen and oxygen atoms in total. The van der Waals surface area contributed by atoms with E-state index in [4.69, 9.17) is 4.74 Å². The number of rotatable bonds is 2. The fourth-order valence-corrected chi connectivity index (χ4v) is 2.39. The largest absolute Gasteiger partial charge is 0.489 e. The zero-order chi connectivity index (χ0) is 12.4. The Kier molecular flexibility index (Phi) is 3.06. The van der Waals surface area contributed by atoms with E-state index in [2.05, 4.69) is 17.0 Å². The molecule has 0 atom stereocenters. The van der Waals surface area contributed by atoms with Crippen LogP contribution in [-0.2, 0) is 0 Å². The Bertz CT molecular complexity index is 592. The first-order valence-electron chi connectivity index (χ1n) is 5.86. The van der Waals surface area contributed by atoms with Gasteiger partial charge >= 0.3 is 0 Å². The molecular formula is C13H13N3OS. The van der Waals surface area contributed by atoms with Gasteiger partial charge < -0.3 is 4.74 Å². The fourth-order valence-electron chi connectivity index (χ4n) is 1.84. The van der Waals surface area contributed by atoms with Crippen molar-refractivity contribution >= 4 is 18.0 Å². The molecule has 1 aromatic heterocycles. The van der Waals surface area contributed by atoms with Crippen LogP contribution in [-0.4, -0.2) is 27.1 Å². The van der Waals surface area contributed by atoms with Crippen molar-refractivity contribution in [2.24, 2.45) is 0 Å². The van der Waals surface area contributed by atoms with Gasteiger partial charge in [-0.1, -0.05) is 30.8 Å². The molecule has 0 amide bonds. The quantitative estimate of drug-likeness (QED) is 0.777. The van der Waals surface area contributed by atoms with Crippen LogP contribution < -0.4 is 4.74 Å². The van der Waals surface area contributed by atoms with Gasteiger partial charge in [-0.3, -0.25) is 0 Å². The normalized spacial score (nSPS) is 14.9. The lowest BCUT2D eigenvalue weighted by atomic mass is 10.2. The van der Waals surface area contributed by atoms with Crippen molar-refractivity contribution in [2.45, 2.75) is 12.1 Å². The summed E-state index contributed by atoms with van der Waals surface area (Å²) in [5.74, 6) is 2.65. The third kappa shape index (κ3) is 2.01. The molecule has 0 radical (unpaired) electrons. The van der Waals surface area contributed by atoms with Crippen LogP contribution in [0, 0.1) is 0 Å². The molecule has 0 spiro atoms. The summed E-state index contributed by atoms with van der Waals surface area (Å²) in [7, 11) is 0. The molecule has 0 aliphatic carbocycles. The highest BCUT2D eigenvalue weighted by atomic mass is 32.2. The van der Waals surface area contributed by atoms with E-state index in [1.54, 1.807) is 11.8 Å². The van der Waals surface area contributed by atoms with Gasteiger partial charge in [-0.15, -0.1) is 5.10 Å². The van der Waals surface area contributed by atoms with E-state index >= 15 is 0 Å². The first-order chi connectivity index (χ1) is 8.88. The Morgan fingerprint density at radius 1 is 1.39 bits per heavy atom. The molecule has 2 heterocycles. The molecule has 0 saturated carbocycles. The molecule has 1 aromatic carbocycles. The van der Waals surface area contributed by atoms with E-state index in [9.17, 15) is 0 Å². The van der Waals surface area contributed by atoms with E-state index in [0.717, 1.165) is 28.0 Å². The first-order valence-corrected chi connectivity index (χ1v) is 6.85. The number of para-hydroxylation sites is 1. The van der Waals surface area contributed by atoms with Crippen LogP contribution in [0.5, 0.6) is 5.75 Å². The Labute approximate surface area is 110 Å². The lowest BCUT2D eigenvalue weighted by Crippen LogP contribution is -2.03. The van der Waals surface area contributed by atoms with Crippen LogP contribution in [0.3, 0.4) is 0 Å². The zero-order valence-corrected chi connectivity index (χ0v) is 10.9. The van der Waals surface area contributed by atoms with Crippen molar-refractivity contribution in [2.75, 3.05) is 12.4 Å². The smallest absolute Gasteiger partial charge is 0.209 e. The molecule has 3 rings (SSSR count). The summed E-state index contributed by atoms with van der Waals surface area (Å²) in [5.41, 5.74) is 0.984. The summed E-state index contributed by atoms with van der Waals surface area (Å²) in [5, 5.41) is 5.27. The molecule has 2 aromatic rings. The van der Waals surface area contributed by atoms with Gasteiger partial charge in [0.1, 0.15) is 12.4 Å². The molecule has 0 N–H and O–H groups in total. The van der Waals surface area contributed by atoms with Crippen molar-refractivity contribution < 1.29 is 4.74 Å². The monoisotopic (exact) mass is 259 g/mol. The van der Waals surface area contributed by atoms with Gasteiger partial charge in [-0.05, 0) is 24.0 Å². The minimum atomic E-state index is 0.548. The van der Waals surface area contributed by atoms with Crippen molar-refractivity contribution in [3.8, 4) is 17.1 Å². The second kappa shape index (κ2) is 4.86. The van der Waals surface area contributed by atoms with Crippen LogP contribution in [0.1, 0.15) is 6.92 Å². The molecular weight excluding hydrogens is 246 g/mol. The highest BCUT2D eigenvalue weighted by Crippen LogP contribution is 2.31. The van der Waals surface area contributed by atoms with E-state index in [0.29, 0.717) is 6.61 Å². The van der Waals surface area contributed by atoms with Crippen LogP contribution in [0.15, 0.2) is 35.5 Å². The second-order valence-electron chi connectivity index (χ2n) is 3.79. The van der Waals surface area contributed by atoms with E-state index in [1.165, 1.54) is 0 Å². The van der Waals surface area contributed by atoms with Gasteiger partial charge in [0, 0.05) is 6.20 Å². The highest BCUT2D eigenvalue weighted by Gasteiger charge is 2.15. The molecule has 0 unspecified atom stereocenters. The SMILES string of the molecule is CCSc1nc2n(n1)/C=C\COc1ccccc1-2. The maximum absolute atomic E-state index is 5.68. The van der Waals surface area contributed by atoms with Crippen molar-refractivity contribution in [1.29, 1.82) is 0 Å². The summed E-state index contributed by atoms with van der Waals surface area (Å²) < 4.78 is 7.50. The molecule has 18 heavy (non-hydrogen) atoms. The number of ether oxygens (including phenoxy) is 1. The number of hydrogen-bond donors (Lipinski definition) is 0. The molecule has 0 saturated heterocycles. The number of nitrogens with zero attached hydrogens (tertiary/aromatic N) is 3. The summed E-state index contributed by atoms with van der Waals surface area (Å²) in [6.45, 7) is 2.64. The molecule has 1 aliphatic rings. The Morgan fingerprint density at radius 2 is 2.28 bits per heavy atom. The number of benzene rings is 1. The minimum Gasteiger partial charge on any atom is -0.489 e. The summed E-state index contributed by atoms with van der Waals surface area (Å²) >= 11 is 1.64. The topological polar surface area (TPSA) is 39.9 Å². The van der Waals surface area contributed by atoms with Crippen LogP contribution in [0.2, 0.25) is 0 Å². The van der Waals surface area contributed by atoms with Crippen molar-refractivity contribution in [3.63, 3.8) is 0 Å². The van der Waals surface area contributed by atoms with Gasteiger partial charge in [-0.25, -0.2) is 9.67 Å². The molecule has 92 valence electrons. The maximum Gasteiger partial charge on any atom is 0.209 e. The second-order valence-corrected chi connectivity index (χ2v) is 5.02. The van der Waals surface area contributed by atoms with Crippen molar-refractivity contribution in [3.05, 3.63) is 30.3 Å². The number of thioether (sulfide) groups is 1. The molecule has 5 heteroatoms. The highest BCUT2D eigenvalue weighted by molar-refractivity contribution is 7.99. The van der Waals surface area contributed by atoms with Crippen molar-refractivity contribution in [1.82, 2.24) is 14.8 Å². The predicted molar refractivity (Wildman–Crippen MR) is 72.7 cm³/mol. The van der Waals surface area contributed by atoms with Gasteiger partial charge in [-0.2, -0.15) is 0 Å². The molecule has 0 bridgehead atoms. The summed E-state index contributed by atoms with van der Waals surface area (Å²) in [6, 6.07) is 7.92. The standard InChI is InChI=1S/C13H13N3OS/c1-2-18-13-14-12-10-6-3-4-7-11(10)17-9-5-8-16(12)15-13/h3-8H,2,9H2,1H3/b8-5-. The van der Waals surface area contributed by atoms with E-state index < -0.39 is 0 Å². The maximum atomic E-state index is 5.68. The average Bonchev–Trinajstić information content (AvgIpc) is 2.75. The average molecular weight is 259 g/mol. The fraction of sp³-hybridized carbons (Fsp3) is 0.231. The van der Waals surface area contributed by atoms with Gasteiger partial charge in [0.2, 0.25) is 5.16 Å². The third-order valence-electron chi connectivity index (χ3n) is 2.59. The van der Waals surface area contributed by atoms with Crippen LogP contribution in [0.25, 0.3) is 17.6 Å². The Hall–Kier alpha value is -1.75. The minimum absolute atomic E-state index is 0.548. The lowest BCUT2D eigenvalue weighted by molar-refractivity contribution is 0.363. The van der Waals surface area contributed by atoms with Crippen LogP contribution >= 0.6 is 11.8 Å². The first kappa shape index (κ1) is 11.3.